The fraction of sp³-hybridized carbons (Fsp3) is 0.462. The van der Waals surface area contributed by atoms with Gasteiger partial charge in [-0.25, -0.2) is 4.39 Å². The lowest BCUT2D eigenvalue weighted by Crippen LogP contribution is -2.47. The van der Waals surface area contributed by atoms with Gasteiger partial charge in [-0.15, -0.1) is 0 Å². The molecule has 0 bridgehead atoms. The predicted molar refractivity (Wildman–Crippen MR) is 135 cm³/mol. The highest BCUT2D eigenvalue weighted by molar-refractivity contribution is 6.31. The number of nitrogens with zero attached hydrogens (tertiary/aromatic N) is 3. The summed E-state index contributed by atoms with van der Waals surface area (Å²) in [5, 5.41) is 3.21. The van der Waals surface area contributed by atoms with Gasteiger partial charge in [-0.3, -0.25) is 19.4 Å². The fourth-order valence-corrected chi connectivity index (χ4v) is 4.79. The van der Waals surface area contributed by atoms with Gasteiger partial charge < -0.3 is 10.2 Å². The molecule has 0 unspecified atom stereocenters. The fourth-order valence-electron chi connectivity index (χ4n) is 4.62. The highest BCUT2D eigenvalue weighted by Gasteiger charge is 2.29. The number of benzene rings is 2. The first-order valence-corrected chi connectivity index (χ1v) is 12.6. The van der Waals surface area contributed by atoms with Crippen LogP contribution in [0.1, 0.15) is 35.2 Å². The molecule has 0 aliphatic carbocycles. The zero-order chi connectivity index (χ0) is 26.6. The molecule has 0 atom stereocenters. The third-order valence-corrected chi connectivity index (χ3v) is 6.97. The van der Waals surface area contributed by atoms with E-state index in [9.17, 15) is 27.2 Å². The number of hydrogen-bond acceptors (Lipinski definition) is 5. The Hall–Kier alpha value is -2.69. The number of ketones is 1. The minimum atomic E-state index is -4.19. The van der Waals surface area contributed by atoms with E-state index in [1.807, 2.05) is 4.90 Å². The molecule has 2 aliphatic rings. The van der Waals surface area contributed by atoms with Crippen LogP contribution >= 0.6 is 11.6 Å². The van der Waals surface area contributed by atoms with Crippen LogP contribution in [0.5, 0.6) is 0 Å². The maximum absolute atomic E-state index is 14.9. The third kappa shape index (κ3) is 7.66. The second kappa shape index (κ2) is 11.8. The van der Waals surface area contributed by atoms with E-state index in [0.717, 1.165) is 5.56 Å². The molecule has 2 fully saturated rings. The Morgan fingerprint density at radius 2 is 1.65 bits per heavy atom. The van der Waals surface area contributed by atoms with Gasteiger partial charge in [0.1, 0.15) is 11.6 Å². The number of carbonyl (C=O) groups is 2. The summed E-state index contributed by atoms with van der Waals surface area (Å²) in [5.41, 5.74) is 1.70. The molecule has 1 amide bonds. The number of amides is 1. The van der Waals surface area contributed by atoms with Crippen molar-refractivity contribution in [3.63, 3.8) is 0 Å². The van der Waals surface area contributed by atoms with E-state index >= 15 is 0 Å². The third-order valence-electron chi connectivity index (χ3n) is 6.73. The Labute approximate surface area is 218 Å². The lowest BCUT2D eigenvalue weighted by atomic mass is 10.1. The van der Waals surface area contributed by atoms with Crippen molar-refractivity contribution in [3.05, 3.63) is 58.4 Å². The average molecular weight is 541 g/mol. The molecular weight excluding hydrogens is 512 g/mol. The van der Waals surface area contributed by atoms with Crippen molar-refractivity contribution in [2.24, 2.45) is 0 Å². The number of carbonyl (C=O) groups excluding carboxylic acids is 2. The van der Waals surface area contributed by atoms with Crippen LogP contribution in [-0.2, 0) is 11.3 Å². The van der Waals surface area contributed by atoms with Crippen LogP contribution in [0.15, 0.2) is 36.4 Å². The van der Waals surface area contributed by atoms with Gasteiger partial charge in [-0.1, -0.05) is 17.7 Å². The molecule has 0 radical (unpaired) electrons. The molecule has 11 heteroatoms. The van der Waals surface area contributed by atoms with Gasteiger partial charge in [0, 0.05) is 70.2 Å². The lowest BCUT2D eigenvalue weighted by molar-refractivity contribution is -0.138. The summed E-state index contributed by atoms with van der Waals surface area (Å²) in [5.74, 6) is -1.02. The SMILES string of the molecule is O=C1CCN(Cc2ccc(C(=O)Nc3ccc(Cl)cc3N3CCN(CCC(F)(F)F)CC3)c(F)c2)CC1. The molecule has 2 heterocycles. The standard InChI is InChI=1S/C26H29ClF4N4O2/c27-19-2-4-23(24(16-19)35-13-11-33(12-14-35)10-7-26(29,30)31)32-25(37)21-3-1-18(15-22(21)28)17-34-8-5-20(36)6-9-34/h1-4,15-16H,5-14,17H2,(H,32,37). The second-order valence-electron chi connectivity index (χ2n) is 9.44. The lowest BCUT2D eigenvalue weighted by Gasteiger charge is -2.37. The first-order chi connectivity index (χ1) is 17.6. The molecular formula is C26H29ClF4N4O2. The topological polar surface area (TPSA) is 55.9 Å². The molecule has 1 N–H and O–H groups in total. The maximum atomic E-state index is 14.9. The largest absolute Gasteiger partial charge is 0.390 e. The molecule has 200 valence electrons. The molecule has 4 rings (SSSR count). The van der Waals surface area contributed by atoms with Gasteiger partial charge in [0.25, 0.3) is 5.91 Å². The number of rotatable bonds is 7. The zero-order valence-electron chi connectivity index (χ0n) is 20.3. The Bertz CT molecular complexity index is 1130. The Morgan fingerprint density at radius 1 is 0.946 bits per heavy atom. The van der Waals surface area contributed by atoms with Crippen LogP contribution in [0, 0.1) is 5.82 Å². The zero-order valence-corrected chi connectivity index (χ0v) is 21.0. The number of likely N-dealkylation sites (tertiary alicyclic amines) is 1. The Balaban J connectivity index is 1.40. The molecule has 2 aromatic rings. The number of alkyl halides is 3. The van der Waals surface area contributed by atoms with Crippen molar-refractivity contribution >= 4 is 34.7 Å². The Morgan fingerprint density at radius 3 is 2.30 bits per heavy atom. The van der Waals surface area contributed by atoms with Gasteiger partial charge in [0.2, 0.25) is 0 Å². The highest BCUT2D eigenvalue weighted by Crippen LogP contribution is 2.31. The normalized spacial score (nSPS) is 17.8. The van der Waals surface area contributed by atoms with Crippen molar-refractivity contribution in [1.82, 2.24) is 9.80 Å². The number of Topliss-reactive ketones (excluding diaryl/α,β-unsaturated/α-hetero) is 1. The van der Waals surface area contributed by atoms with E-state index in [1.54, 1.807) is 29.2 Å². The minimum Gasteiger partial charge on any atom is -0.367 e. The van der Waals surface area contributed by atoms with E-state index in [1.165, 1.54) is 12.1 Å². The average Bonchev–Trinajstić information content (AvgIpc) is 2.85. The number of piperidine rings is 1. The van der Waals surface area contributed by atoms with E-state index < -0.39 is 24.3 Å². The number of piperazine rings is 1. The number of halogens is 5. The highest BCUT2D eigenvalue weighted by atomic mass is 35.5. The first kappa shape index (κ1) is 27.3. The summed E-state index contributed by atoms with van der Waals surface area (Å²) in [6, 6.07) is 9.43. The summed E-state index contributed by atoms with van der Waals surface area (Å²) in [7, 11) is 0. The molecule has 2 saturated heterocycles. The summed E-state index contributed by atoms with van der Waals surface area (Å²) < 4.78 is 52.5. The first-order valence-electron chi connectivity index (χ1n) is 12.2. The molecule has 37 heavy (non-hydrogen) atoms. The van der Waals surface area contributed by atoms with Gasteiger partial charge in [-0.2, -0.15) is 13.2 Å². The Kier molecular flexibility index (Phi) is 8.71. The summed E-state index contributed by atoms with van der Waals surface area (Å²) in [6.45, 7) is 3.54. The van der Waals surface area contributed by atoms with Crippen molar-refractivity contribution in [1.29, 1.82) is 0 Å². The van der Waals surface area contributed by atoms with Crippen LogP contribution in [0.4, 0.5) is 28.9 Å². The summed E-state index contributed by atoms with van der Waals surface area (Å²) >= 11 is 6.19. The number of anilines is 2. The summed E-state index contributed by atoms with van der Waals surface area (Å²) in [4.78, 5) is 30.2. The van der Waals surface area contributed by atoms with E-state index in [-0.39, 0.29) is 17.9 Å². The molecule has 0 saturated carbocycles. The minimum absolute atomic E-state index is 0.0539. The molecule has 2 aromatic carbocycles. The monoisotopic (exact) mass is 540 g/mol. The van der Waals surface area contributed by atoms with Crippen LogP contribution in [0.25, 0.3) is 0 Å². The van der Waals surface area contributed by atoms with Crippen molar-refractivity contribution in [2.45, 2.75) is 32.0 Å². The van der Waals surface area contributed by atoms with Crippen LogP contribution in [0.3, 0.4) is 0 Å². The van der Waals surface area contributed by atoms with Crippen LogP contribution in [-0.4, -0.2) is 73.5 Å². The van der Waals surface area contributed by atoms with E-state index in [2.05, 4.69) is 10.2 Å². The molecule has 6 nitrogen and oxygen atoms in total. The molecule has 0 spiro atoms. The van der Waals surface area contributed by atoms with Gasteiger partial charge in [0.15, 0.2) is 0 Å². The number of nitrogens with one attached hydrogen (secondary N) is 1. The molecule has 2 aliphatic heterocycles. The smallest absolute Gasteiger partial charge is 0.367 e. The second-order valence-corrected chi connectivity index (χ2v) is 9.87. The maximum Gasteiger partial charge on any atom is 0.390 e. The van der Waals surface area contributed by atoms with E-state index in [4.69, 9.17) is 11.6 Å². The number of hydrogen-bond donors (Lipinski definition) is 1. The van der Waals surface area contributed by atoms with E-state index in [0.29, 0.717) is 75.1 Å². The molecule has 0 aromatic heterocycles. The van der Waals surface area contributed by atoms with Crippen molar-refractivity contribution in [2.75, 3.05) is 56.0 Å². The quantitative estimate of drug-likeness (QED) is 0.503. The summed E-state index contributed by atoms with van der Waals surface area (Å²) in [6.07, 6.45) is -4.06. The predicted octanol–water partition coefficient (Wildman–Crippen LogP) is 4.97. The van der Waals surface area contributed by atoms with Crippen molar-refractivity contribution in [3.8, 4) is 0 Å². The van der Waals surface area contributed by atoms with Crippen LogP contribution < -0.4 is 10.2 Å². The van der Waals surface area contributed by atoms with Crippen molar-refractivity contribution < 1.29 is 27.2 Å². The van der Waals surface area contributed by atoms with Gasteiger partial charge >= 0.3 is 6.18 Å². The van der Waals surface area contributed by atoms with Gasteiger partial charge in [-0.05, 0) is 35.9 Å². The van der Waals surface area contributed by atoms with Gasteiger partial charge in [0.05, 0.1) is 23.4 Å². The van der Waals surface area contributed by atoms with Crippen LogP contribution in [0.2, 0.25) is 5.02 Å².